The SMILES string of the molecule is CCCCCC1CCC(c2ccc3c(c2)CCC(F)(F)C3(F)F)CC1. The van der Waals surface area contributed by atoms with Crippen molar-refractivity contribution in [3.05, 3.63) is 34.9 Å². The van der Waals surface area contributed by atoms with Crippen LogP contribution in [-0.2, 0) is 12.3 Å². The molecule has 1 saturated carbocycles. The van der Waals surface area contributed by atoms with Gasteiger partial charge in [-0.2, -0.15) is 17.6 Å². The maximum absolute atomic E-state index is 14.0. The summed E-state index contributed by atoms with van der Waals surface area (Å²) >= 11 is 0. The molecule has 0 bridgehead atoms. The largest absolute Gasteiger partial charge is 0.335 e. The molecule has 0 amide bonds. The van der Waals surface area contributed by atoms with Gasteiger partial charge in [0.1, 0.15) is 0 Å². The third kappa shape index (κ3) is 3.73. The zero-order chi connectivity index (χ0) is 18.1. The lowest BCUT2D eigenvalue weighted by atomic mass is 9.75. The number of fused-ring (bicyclic) bond motifs is 1. The van der Waals surface area contributed by atoms with Gasteiger partial charge in [0, 0.05) is 12.0 Å². The van der Waals surface area contributed by atoms with Crippen LogP contribution in [0.1, 0.15) is 87.3 Å². The smallest absolute Gasteiger partial charge is 0.199 e. The van der Waals surface area contributed by atoms with E-state index in [1.54, 1.807) is 12.1 Å². The van der Waals surface area contributed by atoms with Crippen LogP contribution >= 0.6 is 0 Å². The van der Waals surface area contributed by atoms with Gasteiger partial charge in [0.05, 0.1) is 0 Å². The second kappa shape index (κ2) is 7.28. The zero-order valence-electron chi connectivity index (χ0n) is 15.0. The first-order valence-electron chi connectivity index (χ1n) is 9.74. The first kappa shape index (κ1) is 18.7. The monoisotopic (exact) mass is 356 g/mol. The summed E-state index contributed by atoms with van der Waals surface area (Å²) in [7, 11) is 0. The average Bonchev–Trinajstić information content (AvgIpc) is 2.59. The average molecular weight is 356 g/mol. The number of rotatable bonds is 5. The lowest BCUT2D eigenvalue weighted by molar-refractivity contribution is -0.224. The maximum atomic E-state index is 14.0. The van der Waals surface area contributed by atoms with Crippen molar-refractivity contribution < 1.29 is 17.6 Å². The molecule has 0 N–H and O–H groups in total. The molecule has 0 aliphatic heterocycles. The van der Waals surface area contributed by atoms with Gasteiger partial charge in [-0.1, -0.05) is 50.8 Å². The van der Waals surface area contributed by atoms with Crippen molar-refractivity contribution in [2.24, 2.45) is 5.92 Å². The molecule has 0 heterocycles. The van der Waals surface area contributed by atoms with E-state index in [0.717, 1.165) is 24.3 Å². The van der Waals surface area contributed by atoms with Crippen molar-refractivity contribution in [1.82, 2.24) is 0 Å². The Labute approximate surface area is 148 Å². The lowest BCUT2D eigenvalue weighted by Crippen LogP contribution is -2.42. The fourth-order valence-electron chi connectivity index (χ4n) is 4.49. The van der Waals surface area contributed by atoms with Crippen LogP contribution in [0.3, 0.4) is 0 Å². The van der Waals surface area contributed by atoms with Crippen molar-refractivity contribution in [2.75, 3.05) is 0 Å². The normalized spacial score (nSPS) is 27.7. The predicted molar refractivity (Wildman–Crippen MR) is 92.4 cm³/mol. The molecule has 4 heteroatoms. The molecule has 2 aliphatic rings. The van der Waals surface area contributed by atoms with Gasteiger partial charge in [0.25, 0.3) is 0 Å². The molecule has 0 spiro atoms. The predicted octanol–water partition coefficient (Wildman–Crippen LogP) is 7.21. The summed E-state index contributed by atoms with van der Waals surface area (Å²) in [6.45, 7) is 2.21. The molecule has 0 aromatic heterocycles. The van der Waals surface area contributed by atoms with Crippen molar-refractivity contribution in [3.63, 3.8) is 0 Å². The first-order chi connectivity index (χ1) is 11.8. The van der Waals surface area contributed by atoms with Gasteiger partial charge in [-0.25, -0.2) is 0 Å². The van der Waals surface area contributed by atoms with Crippen LogP contribution in [0.4, 0.5) is 17.6 Å². The Hall–Kier alpha value is -1.06. The summed E-state index contributed by atoms with van der Waals surface area (Å²) in [5.74, 6) is -6.79. The molecule has 25 heavy (non-hydrogen) atoms. The molecular weight excluding hydrogens is 328 g/mol. The minimum absolute atomic E-state index is 0.0398. The maximum Gasteiger partial charge on any atom is 0.335 e. The van der Waals surface area contributed by atoms with Crippen molar-refractivity contribution in [1.29, 1.82) is 0 Å². The van der Waals surface area contributed by atoms with Crippen LogP contribution in [0.2, 0.25) is 0 Å². The molecule has 0 radical (unpaired) electrons. The molecular formula is C21H28F4. The van der Waals surface area contributed by atoms with Crippen LogP contribution in [-0.4, -0.2) is 5.92 Å². The second-order valence-electron chi connectivity index (χ2n) is 7.91. The van der Waals surface area contributed by atoms with Crippen molar-refractivity contribution in [3.8, 4) is 0 Å². The van der Waals surface area contributed by atoms with Crippen LogP contribution in [0, 0.1) is 5.92 Å². The number of aryl methyl sites for hydroxylation is 1. The van der Waals surface area contributed by atoms with E-state index in [4.69, 9.17) is 0 Å². The highest BCUT2D eigenvalue weighted by atomic mass is 19.3. The Morgan fingerprint density at radius 1 is 1.00 bits per heavy atom. The number of benzene rings is 1. The van der Waals surface area contributed by atoms with Gasteiger partial charge in [0.15, 0.2) is 0 Å². The standard InChI is InChI=1S/C21H28F4/c1-2-3-4-5-15-6-8-16(9-7-15)17-10-11-19-18(14-17)12-13-20(22,23)21(19,24)25/h10-11,14-16H,2-9,12-13H2,1H3. The summed E-state index contributed by atoms with van der Waals surface area (Å²) in [5, 5.41) is 0. The summed E-state index contributed by atoms with van der Waals surface area (Å²) in [5.41, 5.74) is 1.01. The van der Waals surface area contributed by atoms with Crippen LogP contribution < -0.4 is 0 Å². The van der Waals surface area contributed by atoms with E-state index >= 15 is 0 Å². The van der Waals surface area contributed by atoms with Gasteiger partial charge in [-0.3, -0.25) is 0 Å². The Balaban J connectivity index is 1.66. The van der Waals surface area contributed by atoms with E-state index in [1.807, 2.05) is 0 Å². The summed E-state index contributed by atoms with van der Waals surface area (Å²) in [6.07, 6.45) is 8.97. The van der Waals surface area contributed by atoms with E-state index < -0.39 is 23.8 Å². The quantitative estimate of drug-likeness (QED) is 0.386. The second-order valence-corrected chi connectivity index (χ2v) is 7.91. The van der Waals surface area contributed by atoms with Gasteiger partial charge in [-0.15, -0.1) is 0 Å². The number of unbranched alkanes of at least 4 members (excludes halogenated alkanes) is 2. The highest BCUT2D eigenvalue weighted by Crippen LogP contribution is 2.51. The van der Waals surface area contributed by atoms with Gasteiger partial charge >= 0.3 is 11.8 Å². The minimum Gasteiger partial charge on any atom is -0.199 e. The molecule has 2 aliphatic carbocycles. The Kier molecular flexibility index (Phi) is 5.45. The number of alkyl halides is 4. The molecule has 140 valence electrons. The Morgan fingerprint density at radius 2 is 1.72 bits per heavy atom. The van der Waals surface area contributed by atoms with Crippen molar-refractivity contribution in [2.45, 2.75) is 88.9 Å². The highest BCUT2D eigenvalue weighted by Gasteiger charge is 2.59. The summed E-state index contributed by atoms with van der Waals surface area (Å²) in [4.78, 5) is 0. The van der Waals surface area contributed by atoms with E-state index in [2.05, 4.69) is 6.92 Å². The molecule has 0 unspecified atom stereocenters. The van der Waals surface area contributed by atoms with E-state index in [0.29, 0.717) is 11.5 Å². The molecule has 1 aromatic rings. The number of hydrogen-bond donors (Lipinski definition) is 0. The van der Waals surface area contributed by atoms with Gasteiger partial charge < -0.3 is 0 Å². The summed E-state index contributed by atoms with van der Waals surface area (Å²) in [6, 6.07) is 4.70. The molecule has 1 fully saturated rings. The highest BCUT2D eigenvalue weighted by molar-refractivity contribution is 5.40. The molecule has 1 aromatic carbocycles. The minimum atomic E-state index is -4.05. The fraction of sp³-hybridized carbons (Fsp3) is 0.714. The fourth-order valence-corrected chi connectivity index (χ4v) is 4.49. The number of hydrogen-bond acceptors (Lipinski definition) is 0. The van der Waals surface area contributed by atoms with E-state index in [-0.39, 0.29) is 6.42 Å². The van der Waals surface area contributed by atoms with Gasteiger partial charge in [0.2, 0.25) is 0 Å². The third-order valence-corrected chi connectivity index (χ3v) is 6.17. The molecule has 3 rings (SSSR count). The zero-order valence-corrected chi connectivity index (χ0v) is 15.0. The Morgan fingerprint density at radius 3 is 2.40 bits per heavy atom. The molecule has 0 atom stereocenters. The third-order valence-electron chi connectivity index (χ3n) is 6.17. The van der Waals surface area contributed by atoms with E-state index in [1.165, 1.54) is 44.6 Å². The number of halogens is 4. The van der Waals surface area contributed by atoms with E-state index in [9.17, 15) is 17.6 Å². The van der Waals surface area contributed by atoms with Crippen LogP contribution in [0.25, 0.3) is 0 Å². The van der Waals surface area contributed by atoms with Crippen LogP contribution in [0.5, 0.6) is 0 Å². The lowest BCUT2D eigenvalue weighted by Gasteiger charge is -2.34. The molecule has 0 nitrogen and oxygen atoms in total. The summed E-state index contributed by atoms with van der Waals surface area (Å²) < 4.78 is 55.1. The van der Waals surface area contributed by atoms with Gasteiger partial charge in [-0.05, 0) is 55.1 Å². The topological polar surface area (TPSA) is 0 Å². The van der Waals surface area contributed by atoms with Crippen LogP contribution in [0.15, 0.2) is 18.2 Å². The van der Waals surface area contributed by atoms with Crippen molar-refractivity contribution >= 4 is 0 Å². The Bertz CT molecular complexity index is 586. The first-order valence-corrected chi connectivity index (χ1v) is 9.74. The molecule has 0 saturated heterocycles.